The lowest BCUT2D eigenvalue weighted by molar-refractivity contribution is -0.187. The van der Waals surface area contributed by atoms with Crippen molar-refractivity contribution in [3.05, 3.63) is 27.5 Å². The van der Waals surface area contributed by atoms with Gasteiger partial charge >= 0.3 is 12.1 Å². The first-order valence-electron chi connectivity index (χ1n) is 8.69. The molecule has 7 nitrogen and oxygen atoms in total. The van der Waals surface area contributed by atoms with Gasteiger partial charge in [-0.05, 0) is 33.2 Å². The van der Waals surface area contributed by atoms with Crippen molar-refractivity contribution in [2.75, 3.05) is 19.7 Å². The van der Waals surface area contributed by atoms with E-state index in [2.05, 4.69) is 9.97 Å². The number of aromatic amines is 1. The highest BCUT2D eigenvalue weighted by Crippen LogP contribution is 2.33. The second-order valence-electron chi connectivity index (χ2n) is 6.56. The lowest BCUT2D eigenvalue weighted by Crippen LogP contribution is -2.41. The largest absolute Gasteiger partial charge is 0.462 e. The smallest absolute Gasteiger partial charge is 0.393 e. The van der Waals surface area contributed by atoms with Crippen LogP contribution in [0.15, 0.2) is 9.21 Å². The lowest BCUT2D eigenvalue weighted by Gasteiger charge is -2.33. The van der Waals surface area contributed by atoms with Crippen LogP contribution in [0.25, 0.3) is 11.1 Å². The fourth-order valence-electron chi connectivity index (χ4n) is 3.37. The number of carbonyl (C=O) groups is 1. The van der Waals surface area contributed by atoms with Gasteiger partial charge in [-0.2, -0.15) is 18.2 Å². The number of carbonyl (C=O) groups excluding carboxylic acids is 1. The molecule has 0 radical (unpaired) electrons. The first kappa shape index (κ1) is 19.4. The van der Waals surface area contributed by atoms with Crippen LogP contribution in [0.2, 0.25) is 0 Å². The number of nitrogens with zero attached hydrogens (tertiary/aromatic N) is 2. The fraction of sp³-hybridized carbons (Fsp3) is 0.588. The Balaban J connectivity index is 1.87. The molecule has 0 bridgehead atoms. The monoisotopic (exact) mass is 387 g/mol. The molecule has 0 aromatic carbocycles. The van der Waals surface area contributed by atoms with E-state index in [1.165, 1.54) is 6.92 Å². The Morgan fingerprint density at radius 1 is 1.44 bits per heavy atom. The fourth-order valence-corrected chi connectivity index (χ4v) is 3.37. The molecule has 2 aromatic heterocycles. The molecule has 0 saturated carbocycles. The topological polar surface area (TPSA) is 88.4 Å². The molecule has 3 rings (SSSR count). The van der Waals surface area contributed by atoms with Crippen molar-refractivity contribution in [1.29, 1.82) is 0 Å². The molecule has 2 aromatic rings. The minimum absolute atomic E-state index is 0.0125. The van der Waals surface area contributed by atoms with E-state index in [1.807, 2.05) is 0 Å². The molecule has 3 heterocycles. The molecule has 27 heavy (non-hydrogen) atoms. The number of nitrogens with one attached hydrogen (secondary N) is 1. The highest BCUT2D eigenvalue weighted by molar-refractivity contribution is 6.03. The number of H-pyrrole nitrogens is 1. The van der Waals surface area contributed by atoms with E-state index in [0.29, 0.717) is 13.0 Å². The van der Waals surface area contributed by atoms with E-state index in [4.69, 9.17) is 9.15 Å². The maximum atomic E-state index is 13.0. The molecule has 1 saturated heterocycles. The van der Waals surface area contributed by atoms with Gasteiger partial charge < -0.3 is 14.1 Å². The minimum atomic E-state index is -4.24. The summed E-state index contributed by atoms with van der Waals surface area (Å²) < 4.78 is 49.2. The Morgan fingerprint density at radius 2 is 2.19 bits per heavy atom. The molecule has 1 N–H and O–H groups in total. The number of hydrogen-bond donors (Lipinski definition) is 1. The molecule has 0 amide bonds. The number of piperidine rings is 1. The highest BCUT2D eigenvalue weighted by atomic mass is 19.4. The Labute approximate surface area is 152 Å². The summed E-state index contributed by atoms with van der Waals surface area (Å²) in [5.74, 6) is -1.67. The summed E-state index contributed by atoms with van der Waals surface area (Å²) in [5, 5.41) is -0.0125. The average Bonchev–Trinajstić information content (AvgIpc) is 2.91. The van der Waals surface area contributed by atoms with E-state index >= 15 is 0 Å². The molecule has 10 heteroatoms. The molecule has 1 aliphatic rings. The van der Waals surface area contributed by atoms with Crippen LogP contribution in [-0.2, 0) is 11.3 Å². The molecular weight excluding hydrogens is 367 g/mol. The Kier molecular flexibility index (Phi) is 5.27. The zero-order valence-electron chi connectivity index (χ0n) is 15.0. The summed E-state index contributed by atoms with van der Waals surface area (Å²) in [6.07, 6.45) is -3.72. The van der Waals surface area contributed by atoms with Crippen molar-refractivity contribution in [3.8, 4) is 0 Å². The maximum absolute atomic E-state index is 13.0. The van der Waals surface area contributed by atoms with Crippen LogP contribution in [0.3, 0.4) is 0 Å². The number of esters is 1. The second-order valence-corrected chi connectivity index (χ2v) is 6.56. The summed E-state index contributed by atoms with van der Waals surface area (Å²) in [6, 6.07) is 0. The molecule has 0 aliphatic carbocycles. The van der Waals surface area contributed by atoms with E-state index < -0.39 is 23.6 Å². The number of ether oxygens (including phenoxy) is 1. The van der Waals surface area contributed by atoms with Crippen molar-refractivity contribution in [2.24, 2.45) is 5.92 Å². The standard InChI is InChI=1S/C17H20F3N3O4/c1-3-26-16(25)12-9(2)27-15-13(12)14(24)21-11(22-15)8-23-6-4-5-10(7-23)17(18,19)20/h10H,3-8H2,1-2H3,(H,21,22,24). The summed E-state index contributed by atoms with van der Waals surface area (Å²) in [4.78, 5) is 32.8. The van der Waals surface area contributed by atoms with Crippen LogP contribution in [0.4, 0.5) is 13.2 Å². The van der Waals surface area contributed by atoms with Gasteiger partial charge in [0, 0.05) is 6.54 Å². The van der Waals surface area contributed by atoms with Gasteiger partial charge in [0.2, 0.25) is 5.71 Å². The maximum Gasteiger partial charge on any atom is 0.393 e. The predicted molar refractivity (Wildman–Crippen MR) is 89.4 cm³/mol. The number of fused-ring (bicyclic) bond motifs is 1. The first-order chi connectivity index (χ1) is 12.7. The van der Waals surface area contributed by atoms with Gasteiger partial charge in [-0.15, -0.1) is 0 Å². The SMILES string of the molecule is CCOC(=O)c1c(C)oc2nc(CN3CCCC(C(F)(F)F)C3)[nH]c(=O)c12. The van der Waals surface area contributed by atoms with Gasteiger partial charge in [-0.1, -0.05) is 0 Å². The van der Waals surface area contributed by atoms with Crippen LogP contribution in [0, 0.1) is 12.8 Å². The number of furan rings is 1. The van der Waals surface area contributed by atoms with Crippen LogP contribution in [0.5, 0.6) is 0 Å². The van der Waals surface area contributed by atoms with E-state index in [-0.39, 0.29) is 54.4 Å². The Hall–Kier alpha value is -2.36. The highest BCUT2D eigenvalue weighted by Gasteiger charge is 2.41. The van der Waals surface area contributed by atoms with E-state index in [9.17, 15) is 22.8 Å². The number of alkyl halides is 3. The van der Waals surface area contributed by atoms with E-state index in [0.717, 1.165) is 0 Å². The molecule has 148 valence electrons. The first-order valence-corrected chi connectivity index (χ1v) is 8.69. The molecule has 1 unspecified atom stereocenters. The van der Waals surface area contributed by atoms with Crippen LogP contribution < -0.4 is 5.56 Å². The predicted octanol–water partition coefficient (Wildman–Crippen LogP) is 2.78. The summed E-state index contributed by atoms with van der Waals surface area (Å²) in [7, 11) is 0. The van der Waals surface area contributed by atoms with Gasteiger partial charge in [0.15, 0.2) is 0 Å². The van der Waals surface area contributed by atoms with Gasteiger partial charge in [-0.3, -0.25) is 9.69 Å². The van der Waals surface area contributed by atoms with Gasteiger partial charge in [-0.25, -0.2) is 4.79 Å². The number of aryl methyl sites for hydroxylation is 1. The number of likely N-dealkylation sites (tertiary alicyclic amines) is 1. The van der Waals surface area contributed by atoms with Crippen LogP contribution >= 0.6 is 0 Å². The van der Waals surface area contributed by atoms with Crippen molar-refractivity contribution in [2.45, 2.75) is 39.4 Å². The third-order valence-corrected chi connectivity index (χ3v) is 4.61. The number of halogens is 3. The molecular formula is C17H20F3N3O4. The van der Waals surface area contributed by atoms with Gasteiger partial charge in [0.25, 0.3) is 5.56 Å². The number of aromatic nitrogens is 2. The quantitative estimate of drug-likeness (QED) is 0.812. The van der Waals surface area contributed by atoms with Crippen LogP contribution in [0.1, 0.15) is 41.7 Å². The summed E-state index contributed by atoms with van der Waals surface area (Å²) in [5.41, 5.74) is -0.597. The zero-order valence-corrected chi connectivity index (χ0v) is 15.0. The second kappa shape index (κ2) is 7.34. The van der Waals surface area contributed by atoms with Crippen LogP contribution in [-0.4, -0.2) is 46.7 Å². The van der Waals surface area contributed by atoms with Gasteiger partial charge in [0.1, 0.15) is 22.5 Å². The zero-order chi connectivity index (χ0) is 19.8. The lowest BCUT2D eigenvalue weighted by atomic mass is 9.97. The Morgan fingerprint density at radius 3 is 2.85 bits per heavy atom. The molecule has 1 fully saturated rings. The third kappa shape index (κ3) is 4.00. The molecule has 1 aliphatic heterocycles. The van der Waals surface area contributed by atoms with E-state index in [1.54, 1.807) is 11.8 Å². The van der Waals surface area contributed by atoms with Crippen molar-refractivity contribution in [1.82, 2.24) is 14.9 Å². The van der Waals surface area contributed by atoms with Gasteiger partial charge in [0.05, 0.1) is 19.1 Å². The van der Waals surface area contributed by atoms with Crippen molar-refractivity contribution >= 4 is 17.1 Å². The Bertz CT molecular complexity index is 903. The normalized spacial score (nSPS) is 18.8. The summed E-state index contributed by atoms with van der Waals surface area (Å²) in [6.45, 7) is 3.71. The number of rotatable bonds is 4. The molecule has 0 spiro atoms. The number of hydrogen-bond acceptors (Lipinski definition) is 6. The average molecular weight is 387 g/mol. The third-order valence-electron chi connectivity index (χ3n) is 4.61. The van der Waals surface area contributed by atoms with Crippen molar-refractivity contribution in [3.63, 3.8) is 0 Å². The molecule has 1 atom stereocenters. The summed E-state index contributed by atoms with van der Waals surface area (Å²) >= 11 is 0. The van der Waals surface area contributed by atoms with Crippen molar-refractivity contribution < 1.29 is 27.1 Å². The minimum Gasteiger partial charge on any atom is -0.462 e.